The second-order valence-electron chi connectivity index (χ2n) is 4.42. The Hall–Kier alpha value is -0.920. The Morgan fingerprint density at radius 1 is 1.44 bits per heavy atom. The van der Waals surface area contributed by atoms with Crippen LogP contribution in [0.5, 0.6) is 0 Å². The molecular formula is C11H15NO4S2. The molecule has 0 spiro atoms. The maximum Gasteiger partial charge on any atom is 0.308 e. The van der Waals surface area contributed by atoms with E-state index in [-0.39, 0.29) is 24.0 Å². The van der Waals surface area contributed by atoms with Crippen molar-refractivity contribution in [3.05, 3.63) is 21.9 Å². The van der Waals surface area contributed by atoms with E-state index in [1.165, 1.54) is 11.3 Å². The predicted octanol–water partition coefficient (Wildman–Crippen LogP) is 0.652. The molecule has 0 amide bonds. The molecule has 2 rings (SSSR count). The fourth-order valence-electron chi connectivity index (χ4n) is 1.96. The lowest BCUT2D eigenvalue weighted by Crippen LogP contribution is -2.29. The Balaban J connectivity index is 1.84. The number of nitrogens with one attached hydrogen (secondary N) is 1. The van der Waals surface area contributed by atoms with Crippen molar-refractivity contribution in [3.8, 4) is 0 Å². The van der Waals surface area contributed by atoms with Gasteiger partial charge in [-0.25, -0.2) is 8.42 Å². The van der Waals surface area contributed by atoms with Crippen molar-refractivity contribution >= 4 is 27.1 Å². The van der Waals surface area contributed by atoms with Gasteiger partial charge in [0.15, 0.2) is 9.84 Å². The van der Waals surface area contributed by atoms with Gasteiger partial charge in [-0.15, -0.1) is 11.3 Å². The molecule has 1 aliphatic rings. The molecule has 1 unspecified atom stereocenters. The summed E-state index contributed by atoms with van der Waals surface area (Å²) >= 11 is 1.45. The Morgan fingerprint density at radius 2 is 2.17 bits per heavy atom. The molecule has 1 aliphatic heterocycles. The maximum absolute atomic E-state index is 11.3. The summed E-state index contributed by atoms with van der Waals surface area (Å²) in [4.78, 5) is 12.4. The van der Waals surface area contributed by atoms with E-state index in [4.69, 9.17) is 5.11 Å². The first kappa shape index (κ1) is 13.5. The highest BCUT2D eigenvalue weighted by Crippen LogP contribution is 2.18. The summed E-state index contributed by atoms with van der Waals surface area (Å²) < 4.78 is 22.6. The van der Waals surface area contributed by atoms with Gasteiger partial charge < -0.3 is 10.4 Å². The molecule has 7 heteroatoms. The van der Waals surface area contributed by atoms with Crippen molar-refractivity contribution < 1.29 is 18.3 Å². The average molecular weight is 289 g/mol. The van der Waals surface area contributed by atoms with Crippen LogP contribution in [0.4, 0.5) is 0 Å². The third-order valence-corrected chi connectivity index (χ3v) is 5.69. The molecule has 5 nitrogen and oxygen atoms in total. The molecule has 18 heavy (non-hydrogen) atoms. The largest absolute Gasteiger partial charge is 0.481 e. The van der Waals surface area contributed by atoms with Gasteiger partial charge in [-0.2, -0.15) is 0 Å². The molecule has 0 aliphatic carbocycles. The molecule has 1 aromatic rings. The molecule has 1 fully saturated rings. The predicted molar refractivity (Wildman–Crippen MR) is 69.6 cm³/mol. The van der Waals surface area contributed by atoms with Gasteiger partial charge in [0.2, 0.25) is 0 Å². The zero-order valence-electron chi connectivity index (χ0n) is 9.76. The van der Waals surface area contributed by atoms with Crippen LogP contribution in [0.3, 0.4) is 0 Å². The zero-order chi connectivity index (χ0) is 13.2. The van der Waals surface area contributed by atoms with Crippen LogP contribution in [0.25, 0.3) is 0 Å². The van der Waals surface area contributed by atoms with Gasteiger partial charge >= 0.3 is 5.97 Å². The zero-order valence-corrected chi connectivity index (χ0v) is 11.4. The molecule has 0 saturated carbocycles. The fraction of sp³-hybridized carbons (Fsp3) is 0.545. The molecule has 0 aromatic carbocycles. The van der Waals surface area contributed by atoms with Crippen LogP contribution in [0.1, 0.15) is 16.2 Å². The Labute approximate surface area is 110 Å². The van der Waals surface area contributed by atoms with E-state index < -0.39 is 15.8 Å². The minimum atomic E-state index is -2.85. The van der Waals surface area contributed by atoms with Crippen molar-refractivity contribution in [2.75, 3.05) is 11.5 Å². The van der Waals surface area contributed by atoms with E-state index in [1.807, 2.05) is 6.07 Å². The Bertz CT molecular complexity index is 535. The van der Waals surface area contributed by atoms with Crippen molar-refractivity contribution in [3.63, 3.8) is 0 Å². The molecule has 1 aromatic heterocycles. The van der Waals surface area contributed by atoms with Gasteiger partial charge in [0.1, 0.15) is 0 Å². The van der Waals surface area contributed by atoms with E-state index in [9.17, 15) is 13.2 Å². The Morgan fingerprint density at radius 3 is 2.78 bits per heavy atom. The van der Waals surface area contributed by atoms with Gasteiger partial charge in [-0.05, 0) is 18.6 Å². The maximum atomic E-state index is 11.3. The van der Waals surface area contributed by atoms with Crippen molar-refractivity contribution in [2.45, 2.75) is 25.4 Å². The van der Waals surface area contributed by atoms with Gasteiger partial charge in [0.05, 0.1) is 17.9 Å². The SMILES string of the molecule is O=C(O)Cc1ccc(CNC2CCS(=O)(=O)C2)s1. The number of hydrogen-bond donors (Lipinski definition) is 2. The summed E-state index contributed by atoms with van der Waals surface area (Å²) in [6.07, 6.45) is 0.707. The summed E-state index contributed by atoms with van der Waals surface area (Å²) in [6, 6.07) is 3.72. The number of hydrogen-bond acceptors (Lipinski definition) is 5. The minimum absolute atomic E-state index is 0.0278. The summed E-state index contributed by atoms with van der Waals surface area (Å²) in [5.74, 6) is -0.363. The molecule has 1 saturated heterocycles. The summed E-state index contributed by atoms with van der Waals surface area (Å²) in [5, 5.41) is 11.9. The molecule has 100 valence electrons. The van der Waals surface area contributed by atoms with Crippen LogP contribution in [0, 0.1) is 0 Å². The van der Waals surface area contributed by atoms with Crippen LogP contribution in [-0.4, -0.2) is 37.0 Å². The van der Waals surface area contributed by atoms with Crippen LogP contribution in [0.2, 0.25) is 0 Å². The van der Waals surface area contributed by atoms with E-state index in [0.717, 1.165) is 9.75 Å². The molecular weight excluding hydrogens is 274 g/mol. The smallest absolute Gasteiger partial charge is 0.308 e. The van der Waals surface area contributed by atoms with Crippen LogP contribution >= 0.6 is 11.3 Å². The van der Waals surface area contributed by atoms with Gasteiger partial charge in [-0.3, -0.25) is 4.79 Å². The summed E-state index contributed by atoms with van der Waals surface area (Å²) in [7, 11) is -2.85. The van der Waals surface area contributed by atoms with Gasteiger partial charge in [0, 0.05) is 22.3 Å². The third-order valence-electron chi connectivity index (χ3n) is 2.84. The lowest BCUT2D eigenvalue weighted by Gasteiger charge is -2.08. The fourth-order valence-corrected chi connectivity index (χ4v) is 4.63. The lowest BCUT2D eigenvalue weighted by atomic mass is 10.2. The lowest BCUT2D eigenvalue weighted by molar-refractivity contribution is -0.136. The Kier molecular flexibility index (Phi) is 4.04. The number of carbonyl (C=O) groups is 1. The number of aliphatic carboxylic acids is 1. The molecule has 0 radical (unpaired) electrons. The summed E-state index contributed by atoms with van der Waals surface area (Å²) in [5.41, 5.74) is 0. The van der Waals surface area contributed by atoms with Crippen molar-refractivity contribution in [2.24, 2.45) is 0 Å². The first-order valence-corrected chi connectivity index (χ1v) is 8.31. The quantitative estimate of drug-likeness (QED) is 0.831. The van der Waals surface area contributed by atoms with E-state index in [2.05, 4.69) is 5.32 Å². The first-order valence-electron chi connectivity index (χ1n) is 5.68. The van der Waals surface area contributed by atoms with Gasteiger partial charge in [0.25, 0.3) is 0 Å². The topological polar surface area (TPSA) is 83.5 Å². The molecule has 1 atom stereocenters. The molecule has 2 heterocycles. The number of sulfone groups is 1. The number of carboxylic acid groups (broad SMARTS) is 1. The third kappa shape index (κ3) is 3.79. The summed E-state index contributed by atoms with van der Waals surface area (Å²) in [6.45, 7) is 0.602. The number of carboxylic acids is 1. The second kappa shape index (κ2) is 5.38. The normalized spacial score (nSPS) is 22.1. The van der Waals surface area contributed by atoms with Crippen molar-refractivity contribution in [1.82, 2.24) is 5.32 Å². The van der Waals surface area contributed by atoms with Crippen LogP contribution in [0.15, 0.2) is 12.1 Å². The van der Waals surface area contributed by atoms with Crippen molar-refractivity contribution in [1.29, 1.82) is 0 Å². The highest BCUT2D eigenvalue weighted by molar-refractivity contribution is 7.91. The molecule has 0 bridgehead atoms. The molecule has 2 N–H and O–H groups in total. The van der Waals surface area contributed by atoms with E-state index in [1.54, 1.807) is 6.07 Å². The van der Waals surface area contributed by atoms with Crippen LogP contribution in [-0.2, 0) is 27.6 Å². The van der Waals surface area contributed by atoms with Gasteiger partial charge in [-0.1, -0.05) is 0 Å². The van der Waals surface area contributed by atoms with E-state index >= 15 is 0 Å². The first-order chi connectivity index (χ1) is 8.44. The van der Waals surface area contributed by atoms with E-state index in [0.29, 0.717) is 13.0 Å². The van der Waals surface area contributed by atoms with Crippen LogP contribution < -0.4 is 5.32 Å². The number of thiophene rings is 1. The highest BCUT2D eigenvalue weighted by atomic mass is 32.2. The number of rotatable bonds is 5. The second-order valence-corrected chi connectivity index (χ2v) is 7.90. The average Bonchev–Trinajstić information content (AvgIpc) is 2.81. The minimum Gasteiger partial charge on any atom is -0.481 e. The highest BCUT2D eigenvalue weighted by Gasteiger charge is 2.27. The standard InChI is InChI=1S/C11H15NO4S2/c13-11(14)5-9-1-2-10(17-9)6-12-8-3-4-18(15,16)7-8/h1-2,8,12H,3-7H2,(H,13,14). The monoisotopic (exact) mass is 289 g/mol.